The Morgan fingerprint density at radius 1 is 1.39 bits per heavy atom. The van der Waals surface area contributed by atoms with Crippen LogP contribution in [-0.4, -0.2) is 31.3 Å². The molecule has 5 heteroatoms. The minimum Gasteiger partial charge on any atom is -0.383 e. The van der Waals surface area contributed by atoms with E-state index in [0.717, 1.165) is 18.3 Å². The lowest BCUT2D eigenvalue weighted by Gasteiger charge is -2.20. The zero-order valence-corrected chi connectivity index (χ0v) is 11.7. The fourth-order valence-corrected chi connectivity index (χ4v) is 3.43. The summed E-state index contributed by atoms with van der Waals surface area (Å²) in [5.74, 6) is 0.692. The normalized spacial score (nSPS) is 19.2. The highest BCUT2D eigenvalue weighted by molar-refractivity contribution is 7.15. The summed E-state index contributed by atoms with van der Waals surface area (Å²) in [5, 5.41) is 1.16. The molecule has 0 unspecified atom stereocenters. The molecule has 2 aliphatic rings. The Kier molecular flexibility index (Phi) is 3.54. The third-order valence-electron chi connectivity index (χ3n) is 3.64. The van der Waals surface area contributed by atoms with Crippen LogP contribution in [0.2, 0.25) is 0 Å². The van der Waals surface area contributed by atoms with Gasteiger partial charge in [0, 0.05) is 37.0 Å². The number of hydrogen-bond acceptors (Lipinski definition) is 5. The highest BCUT2D eigenvalue weighted by atomic mass is 32.1. The molecule has 1 aromatic rings. The molecular weight excluding hydrogens is 246 g/mol. The van der Waals surface area contributed by atoms with E-state index in [0.29, 0.717) is 18.5 Å². The van der Waals surface area contributed by atoms with Crippen LogP contribution in [0, 0.1) is 0 Å². The Balaban J connectivity index is 1.79. The van der Waals surface area contributed by atoms with Gasteiger partial charge in [-0.15, -0.1) is 11.3 Å². The van der Waals surface area contributed by atoms with Gasteiger partial charge in [-0.25, -0.2) is 4.98 Å². The van der Waals surface area contributed by atoms with E-state index in [4.69, 9.17) is 15.5 Å². The van der Waals surface area contributed by atoms with Gasteiger partial charge in [0.2, 0.25) is 0 Å². The first-order valence-corrected chi connectivity index (χ1v) is 7.60. The topological polar surface area (TPSA) is 51.4 Å². The van der Waals surface area contributed by atoms with Crippen molar-refractivity contribution < 1.29 is 4.74 Å². The van der Waals surface area contributed by atoms with Crippen molar-refractivity contribution in [1.29, 1.82) is 0 Å². The Hall–Kier alpha value is -0.650. The van der Waals surface area contributed by atoms with E-state index in [1.165, 1.54) is 36.3 Å². The van der Waals surface area contributed by atoms with Crippen molar-refractivity contribution in [3.8, 4) is 0 Å². The van der Waals surface area contributed by atoms with Crippen molar-refractivity contribution in [1.82, 2.24) is 4.98 Å². The van der Waals surface area contributed by atoms with E-state index in [9.17, 15) is 0 Å². The van der Waals surface area contributed by atoms with Gasteiger partial charge in [-0.3, -0.25) is 0 Å². The standard InChI is InChI=1S/C13H21N3OS/c1-17-7-6-16(10-4-5-10)13-15-12(9-2-3-9)11(8-14)18-13/h9-10H,2-8,14H2,1H3. The van der Waals surface area contributed by atoms with Crippen LogP contribution in [0.4, 0.5) is 5.13 Å². The SMILES string of the molecule is COCCN(c1nc(C2CC2)c(CN)s1)C1CC1. The summed E-state index contributed by atoms with van der Waals surface area (Å²) in [4.78, 5) is 8.57. The van der Waals surface area contributed by atoms with Crippen LogP contribution < -0.4 is 10.6 Å². The number of anilines is 1. The zero-order valence-electron chi connectivity index (χ0n) is 10.9. The highest BCUT2D eigenvalue weighted by Gasteiger charge is 2.34. The molecule has 0 atom stereocenters. The largest absolute Gasteiger partial charge is 0.383 e. The van der Waals surface area contributed by atoms with Gasteiger partial charge in [0.1, 0.15) is 0 Å². The summed E-state index contributed by atoms with van der Waals surface area (Å²) in [6, 6.07) is 0.684. The Labute approximate surface area is 112 Å². The van der Waals surface area contributed by atoms with Crippen LogP contribution in [0.5, 0.6) is 0 Å². The van der Waals surface area contributed by atoms with E-state index < -0.39 is 0 Å². The fraction of sp³-hybridized carbons (Fsp3) is 0.769. The molecule has 3 rings (SSSR count). The molecule has 2 aliphatic carbocycles. The predicted molar refractivity (Wildman–Crippen MR) is 74.2 cm³/mol. The van der Waals surface area contributed by atoms with Crippen LogP contribution in [0.1, 0.15) is 42.2 Å². The third kappa shape index (κ3) is 2.53. The van der Waals surface area contributed by atoms with Crippen LogP contribution in [-0.2, 0) is 11.3 Å². The number of methoxy groups -OCH3 is 1. The molecule has 2 fully saturated rings. The molecule has 0 spiro atoms. The Morgan fingerprint density at radius 3 is 2.72 bits per heavy atom. The molecule has 100 valence electrons. The monoisotopic (exact) mass is 267 g/mol. The molecule has 4 nitrogen and oxygen atoms in total. The van der Waals surface area contributed by atoms with Crippen LogP contribution in [0.15, 0.2) is 0 Å². The van der Waals surface area contributed by atoms with Crippen LogP contribution >= 0.6 is 11.3 Å². The van der Waals surface area contributed by atoms with E-state index in [-0.39, 0.29) is 0 Å². The molecule has 1 heterocycles. The molecule has 0 aliphatic heterocycles. The van der Waals surface area contributed by atoms with Crippen LogP contribution in [0.25, 0.3) is 0 Å². The lowest BCUT2D eigenvalue weighted by molar-refractivity contribution is 0.205. The fourth-order valence-electron chi connectivity index (χ4n) is 2.31. The van der Waals surface area contributed by atoms with Crippen molar-refractivity contribution in [2.45, 2.75) is 44.2 Å². The number of rotatable bonds is 7. The van der Waals surface area contributed by atoms with Crippen molar-refractivity contribution in [3.05, 3.63) is 10.6 Å². The second-order valence-electron chi connectivity index (χ2n) is 5.20. The number of thiazole rings is 1. The predicted octanol–water partition coefficient (Wildman–Crippen LogP) is 2.09. The number of aromatic nitrogens is 1. The molecule has 18 heavy (non-hydrogen) atoms. The van der Waals surface area contributed by atoms with Gasteiger partial charge in [0.15, 0.2) is 5.13 Å². The van der Waals surface area contributed by atoms with Crippen molar-refractivity contribution in [2.24, 2.45) is 5.73 Å². The summed E-state index contributed by atoms with van der Waals surface area (Å²) < 4.78 is 5.21. The van der Waals surface area contributed by atoms with Gasteiger partial charge >= 0.3 is 0 Å². The minimum absolute atomic E-state index is 0.631. The molecule has 0 radical (unpaired) electrons. The average Bonchev–Trinajstić information content (AvgIpc) is 3.28. The van der Waals surface area contributed by atoms with E-state index in [1.807, 2.05) is 0 Å². The summed E-state index contributed by atoms with van der Waals surface area (Å²) in [5.41, 5.74) is 7.13. The maximum atomic E-state index is 5.85. The molecule has 1 aromatic heterocycles. The molecule has 0 bridgehead atoms. The summed E-state index contributed by atoms with van der Waals surface area (Å²) in [6.07, 6.45) is 5.16. The van der Waals surface area contributed by atoms with Gasteiger partial charge in [-0.1, -0.05) is 0 Å². The summed E-state index contributed by atoms with van der Waals surface area (Å²) in [6.45, 7) is 2.35. The summed E-state index contributed by atoms with van der Waals surface area (Å²) in [7, 11) is 1.76. The molecule has 0 saturated heterocycles. The van der Waals surface area contributed by atoms with Gasteiger partial charge in [-0.2, -0.15) is 0 Å². The van der Waals surface area contributed by atoms with Crippen LogP contribution in [0.3, 0.4) is 0 Å². The second kappa shape index (κ2) is 5.15. The zero-order chi connectivity index (χ0) is 12.5. The van der Waals surface area contributed by atoms with Crippen molar-refractivity contribution >= 4 is 16.5 Å². The highest BCUT2D eigenvalue weighted by Crippen LogP contribution is 2.45. The average molecular weight is 267 g/mol. The first kappa shape index (κ1) is 12.4. The van der Waals surface area contributed by atoms with Crippen molar-refractivity contribution in [2.75, 3.05) is 25.2 Å². The number of nitrogens with two attached hydrogens (primary N) is 1. The maximum absolute atomic E-state index is 5.85. The number of ether oxygens (including phenoxy) is 1. The lowest BCUT2D eigenvalue weighted by Crippen LogP contribution is -2.29. The van der Waals surface area contributed by atoms with E-state index in [1.54, 1.807) is 18.4 Å². The van der Waals surface area contributed by atoms with Gasteiger partial charge < -0.3 is 15.4 Å². The molecule has 0 amide bonds. The first-order valence-electron chi connectivity index (χ1n) is 6.78. The lowest BCUT2D eigenvalue weighted by atomic mass is 10.2. The summed E-state index contributed by atoms with van der Waals surface area (Å²) >= 11 is 1.79. The van der Waals surface area contributed by atoms with Crippen molar-refractivity contribution in [3.63, 3.8) is 0 Å². The first-order chi connectivity index (χ1) is 8.83. The molecular formula is C13H21N3OS. The van der Waals surface area contributed by atoms with Gasteiger partial charge in [-0.05, 0) is 25.7 Å². The number of hydrogen-bond donors (Lipinski definition) is 1. The molecule has 2 saturated carbocycles. The third-order valence-corrected chi connectivity index (χ3v) is 4.77. The Morgan fingerprint density at radius 2 is 2.17 bits per heavy atom. The Bertz CT molecular complexity index is 412. The maximum Gasteiger partial charge on any atom is 0.186 e. The number of nitrogens with zero attached hydrogens (tertiary/aromatic N) is 2. The van der Waals surface area contributed by atoms with Gasteiger partial charge in [0.05, 0.1) is 12.3 Å². The smallest absolute Gasteiger partial charge is 0.186 e. The minimum atomic E-state index is 0.631. The molecule has 2 N–H and O–H groups in total. The van der Waals surface area contributed by atoms with E-state index in [2.05, 4.69) is 4.90 Å². The quantitative estimate of drug-likeness (QED) is 0.822. The van der Waals surface area contributed by atoms with E-state index >= 15 is 0 Å². The molecule has 0 aromatic carbocycles. The van der Waals surface area contributed by atoms with Gasteiger partial charge in [0.25, 0.3) is 0 Å². The second-order valence-corrected chi connectivity index (χ2v) is 6.26.